The molecule has 0 unspecified atom stereocenters. The van der Waals surface area contributed by atoms with Crippen LogP contribution in [0, 0.1) is 23.2 Å². The number of carbonyl (C=O) groups excluding carboxylic acids is 3. The van der Waals surface area contributed by atoms with Crippen molar-refractivity contribution in [1.82, 2.24) is 0 Å². The molecule has 0 atom stereocenters. The highest BCUT2D eigenvalue weighted by Gasteiger charge is 2.10. The molecule has 8 heteroatoms. The largest absolute Gasteiger partial charge is 0.462 e. The van der Waals surface area contributed by atoms with Gasteiger partial charge in [-0.1, -0.05) is 37.1 Å². The van der Waals surface area contributed by atoms with Crippen LogP contribution in [0.4, 0.5) is 5.69 Å². The minimum atomic E-state index is -0.656. The third-order valence-corrected chi connectivity index (χ3v) is 4.97. The van der Waals surface area contributed by atoms with Crippen molar-refractivity contribution in [2.45, 2.75) is 6.92 Å². The summed E-state index contributed by atoms with van der Waals surface area (Å²) in [6.07, 6.45) is 3.66. The molecule has 0 aromatic heterocycles. The topological polar surface area (TPSA) is 106 Å². The minimum Gasteiger partial charge on any atom is -0.462 e. The van der Waals surface area contributed by atoms with Crippen molar-refractivity contribution in [2.75, 3.05) is 37.8 Å². The molecule has 0 saturated heterocycles. The molecular weight excluding hydrogens is 484 g/mol. The van der Waals surface area contributed by atoms with E-state index in [0.29, 0.717) is 18.7 Å². The minimum absolute atomic E-state index is 0.0717. The average molecular weight is 513 g/mol. The van der Waals surface area contributed by atoms with Crippen LogP contribution in [0.5, 0.6) is 0 Å². The first-order chi connectivity index (χ1) is 18.4. The molecule has 0 radical (unpaired) electrons. The van der Waals surface area contributed by atoms with Crippen molar-refractivity contribution in [1.29, 1.82) is 5.26 Å². The van der Waals surface area contributed by atoms with Gasteiger partial charge in [0.25, 0.3) is 0 Å². The number of nitriles is 1. The second-order valence-electron chi connectivity index (χ2n) is 7.54. The van der Waals surface area contributed by atoms with Gasteiger partial charge in [0.1, 0.15) is 24.9 Å². The summed E-state index contributed by atoms with van der Waals surface area (Å²) in [4.78, 5) is 36.4. The van der Waals surface area contributed by atoms with Gasteiger partial charge in [-0.15, -0.1) is 0 Å². The maximum Gasteiger partial charge on any atom is 0.348 e. The van der Waals surface area contributed by atoms with E-state index in [0.717, 1.165) is 29.0 Å². The molecule has 0 amide bonds. The number of anilines is 1. The Bertz CT molecular complexity index is 1250. The van der Waals surface area contributed by atoms with Crippen LogP contribution in [-0.2, 0) is 28.6 Å². The van der Waals surface area contributed by atoms with Crippen molar-refractivity contribution < 1.29 is 28.6 Å². The third-order valence-electron chi connectivity index (χ3n) is 4.97. The van der Waals surface area contributed by atoms with Crippen LogP contribution in [0.3, 0.4) is 0 Å². The molecule has 0 spiro atoms. The lowest BCUT2D eigenvalue weighted by molar-refractivity contribution is -0.138. The highest BCUT2D eigenvalue weighted by atomic mass is 16.5. The van der Waals surface area contributed by atoms with Crippen LogP contribution < -0.4 is 4.90 Å². The highest BCUT2D eigenvalue weighted by Crippen LogP contribution is 2.15. The fourth-order valence-corrected chi connectivity index (χ4v) is 3.08. The van der Waals surface area contributed by atoms with Gasteiger partial charge in [-0.2, -0.15) is 5.26 Å². The monoisotopic (exact) mass is 512 g/mol. The van der Waals surface area contributed by atoms with Crippen LogP contribution in [0.25, 0.3) is 6.08 Å². The lowest BCUT2D eigenvalue weighted by Gasteiger charge is -2.24. The molecule has 0 aliphatic rings. The maximum absolute atomic E-state index is 11.8. The summed E-state index contributed by atoms with van der Waals surface area (Å²) < 4.78 is 15.0. The number of rotatable bonds is 12. The molecule has 194 valence electrons. The Balaban J connectivity index is 2.09. The van der Waals surface area contributed by atoms with Gasteiger partial charge in [0.05, 0.1) is 19.7 Å². The van der Waals surface area contributed by atoms with E-state index in [1.54, 1.807) is 31.2 Å². The van der Waals surface area contributed by atoms with Crippen molar-refractivity contribution in [2.24, 2.45) is 0 Å². The van der Waals surface area contributed by atoms with Gasteiger partial charge >= 0.3 is 17.9 Å². The quantitative estimate of drug-likeness (QED) is 0.139. The summed E-state index contributed by atoms with van der Waals surface area (Å²) in [5, 5.41) is 9.16. The lowest BCUT2D eigenvalue weighted by atomic mass is 10.1. The van der Waals surface area contributed by atoms with Crippen LogP contribution in [0.1, 0.15) is 23.6 Å². The third kappa shape index (κ3) is 9.88. The molecule has 2 aromatic rings. The van der Waals surface area contributed by atoms with Gasteiger partial charge in [0.15, 0.2) is 0 Å². The molecule has 0 fully saturated rings. The molecule has 0 saturated carbocycles. The summed E-state index contributed by atoms with van der Waals surface area (Å²) in [5.74, 6) is 4.49. The fraction of sp³-hybridized carbons (Fsp3) is 0.200. The summed E-state index contributed by atoms with van der Waals surface area (Å²) in [6, 6.07) is 16.4. The van der Waals surface area contributed by atoms with Gasteiger partial charge < -0.3 is 19.1 Å². The van der Waals surface area contributed by atoms with Crippen LogP contribution in [-0.4, -0.2) is 50.8 Å². The zero-order chi connectivity index (χ0) is 27.8. The van der Waals surface area contributed by atoms with Crippen molar-refractivity contribution in [3.63, 3.8) is 0 Å². The van der Waals surface area contributed by atoms with E-state index < -0.39 is 17.9 Å². The molecule has 8 nitrogen and oxygen atoms in total. The van der Waals surface area contributed by atoms with E-state index >= 15 is 0 Å². The molecule has 0 N–H and O–H groups in total. The number of hydrogen-bond donors (Lipinski definition) is 0. The Morgan fingerprint density at radius 3 is 1.79 bits per heavy atom. The predicted molar refractivity (Wildman–Crippen MR) is 144 cm³/mol. The summed E-state index contributed by atoms with van der Waals surface area (Å²) >= 11 is 0. The van der Waals surface area contributed by atoms with Crippen LogP contribution in [0.2, 0.25) is 0 Å². The number of nitrogens with zero attached hydrogens (tertiary/aromatic N) is 2. The molecule has 0 aliphatic carbocycles. The van der Waals surface area contributed by atoms with E-state index in [9.17, 15) is 14.4 Å². The molecule has 0 heterocycles. The molecule has 2 aromatic carbocycles. The van der Waals surface area contributed by atoms with E-state index in [1.807, 2.05) is 35.2 Å². The smallest absolute Gasteiger partial charge is 0.348 e. The van der Waals surface area contributed by atoms with Gasteiger partial charge in [0, 0.05) is 29.0 Å². The number of hydrogen-bond acceptors (Lipinski definition) is 8. The Kier molecular flexibility index (Phi) is 12.1. The summed E-state index contributed by atoms with van der Waals surface area (Å²) in [6.45, 7) is 9.69. The van der Waals surface area contributed by atoms with E-state index in [-0.39, 0.29) is 25.4 Å². The first-order valence-corrected chi connectivity index (χ1v) is 11.7. The number of esters is 3. The zero-order valence-corrected chi connectivity index (χ0v) is 21.1. The van der Waals surface area contributed by atoms with Crippen LogP contribution >= 0.6 is 0 Å². The van der Waals surface area contributed by atoms with E-state index in [4.69, 9.17) is 19.5 Å². The Morgan fingerprint density at radius 1 is 0.842 bits per heavy atom. The average Bonchev–Trinajstić information content (AvgIpc) is 2.94. The Morgan fingerprint density at radius 2 is 1.34 bits per heavy atom. The Labute approximate surface area is 222 Å². The van der Waals surface area contributed by atoms with E-state index in [2.05, 4.69) is 25.0 Å². The normalized spacial score (nSPS) is 10.2. The van der Waals surface area contributed by atoms with Crippen molar-refractivity contribution in [3.05, 3.63) is 96.1 Å². The van der Waals surface area contributed by atoms with Gasteiger partial charge in [-0.3, -0.25) is 0 Å². The molecule has 38 heavy (non-hydrogen) atoms. The van der Waals surface area contributed by atoms with Gasteiger partial charge in [-0.25, -0.2) is 14.4 Å². The molecular formula is C30H28N2O6. The number of ether oxygens (including phenoxy) is 3. The molecule has 2 rings (SSSR count). The Hall–Kier alpha value is -5.08. The van der Waals surface area contributed by atoms with Crippen molar-refractivity contribution >= 4 is 29.7 Å². The number of benzene rings is 2. The van der Waals surface area contributed by atoms with Gasteiger partial charge in [0.2, 0.25) is 0 Å². The predicted octanol–water partition coefficient (Wildman–Crippen LogP) is 3.82. The summed E-state index contributed by atoms with van der Waals surface area (Å²) in [7, 11) is 0. The number of carbonyl (C=O) groups is 3. The first-order valence-electron chi connectivity index (χ1n) is 11.7. The zero-order valence-electron chi connectivity index (χ0n) is 21.1. The fourth-order valence-electron chi connectivity index (χ4n) is 3.08. The molecule has 0 aliphatic heterocycles. The van der Waals surface area contributed by atoms with Crippen molar-refractivity contribution in [3.8, 4) is 17.9 Å². The van der Waals surface area contributed by atoms with Gasteiger partial charge in [-0.05, 0) is 55.0 Å². The SMILES string of the molecule is C=CC(=O)OCCN(CCOC(=O)C=C)c1ccc(C#Cc2ccc(C=C(C#N)C(=O)OCC)cc2)cc1. The molecule has 0 bridgehead atoms. The first kappa shape index (κ1) is 29.2. The summed E-state index contributed by atoms with van der Waals surface area (Å²) in [5.41, 5.74) is 2.99. The second-order valence-corrected chi connectivity index (χ2v) is 7.54. The van der Waals surface area contributed by atoms with Crippen LogP contribution in [0.15, 0.2) is 79.4 Å². The highest BCUT2D eigenvalue weighted by molar-refractivity contribution is 5.97. The van der Waals surface area contributed by atoms with E-state index in [1.165, 1.54) is 6.08 Å². The lowest BCUT2D eigenvalue weighted by Crippen LogP contribution is -2.32. The second kappa shape index (κ2) is 15.8. The maximum atomic E-state index is 11.8. The standard InChI is InChI=1S/C30H28N2O6/c1-4-28(33)37-19-17-32(18-20-38-29(34)5-2)27-15-13-24(14-16-27)8-7-23-9-11-25(12-10-23)21-26(22-31)30(35)36-6-3/h4-5,9-16,21H,1-2,6,17-20H2,3H3.